The Morgan fingerprint density at radius 3 is 2.53 bits per heavy atom. The summed E-state index contributed by atoms with van der Waals surface area (Å²) >= 11 is 0. The highest BCUT2D eigenvalue weighted by molar-refractivity contribution is 5.96. The molecule has 320 valence electrons. The van der Waals surface area contributed by atoms with E-state index in [2.05, 4.69) is 29.6 Å². The highest BCUT2D eigenvalue weighted by Gasteiger charge is 2.78. The number of carbonyl (C=O) groups is 4. The van der Waals surface area contributed by atoms with Crippen molar-refractivity contribution in [2.45, 2.75) is 171 Å². The van der Waals surface area contributed by atoms with Crippen LogP contribution in [0.15, 0.2) is 30.3 Å². The van der Waals surface area contributed by atoms with E-state index in [0.29, 0.717) is 37.5 Å². The van der Waals surface area contributed by atoms with Crippen molar-refractivity contribution in [3.8, 4) is 0 Å². The number of hydrogen-bond donors (Lipinski definition) is 2. The van der Waals surface area contributed by atoms with E-state index in [9.17, 15) is 19.5 Å². The van der Waals surface area contributed by atoms with Gasteiger partial charge in [0.15, 0.2) is 11.8 Å². The molecule has 0 aromatic heterocycles. The van der Waals surface area contributed by atoms with Gasteiger partial charge in [0, 0.05) is 31.2 Å². The predicted molar refractivity (Wildman–Crippen MR) is 209 cm³/mol. The van der Waals surface area contributed by atoms with Crippen molar-refractivity contribution in [3.63, 3.8) is 0 Å². The van der Waals surface area contributed by atoms with E-state index in [1.54, 1.807) is 30.7 Å². The van der Waals surface area contributed by atoms with Crippen molar-refractivity contribution in [3.05, 3.63) is 41.5 Å². The number of rotatable bonds is 13. The molecule has 4 saturated carbocycles. The number of aliphatic hydroxyl groups is 1. The van der Waals surface area contributed by atoms with Gasteiger partial charge in [-0.1, -0.05) is 36.4 Å². The molecule has 14 heteroatoms. The Bertz CT molecular complexity index is 1860. The number of hydroxylamine groups is 2. The van der Waals surface area contributed by atoms with Crippen molar-refractivity contribution >= 4 is 29.8 Å². The van der Waals surface area contributed by atoms with Crippen LogP contribution in [0.25, 0.3) is 6.08 Å². The van der Waals surface area contributed by atoms with Gasteiger partial charge in [-0.05, 0) is 102 Å². The summed E-state index contributed by atoms with van der Waals surface area (Å²) in [5.74, 6) is -1.49. The van der Waals surface area contributed by atoms with E-state index in [1.165, 1.54) is 0 Å². The number of fused-ring (bicyclic) bond motifs is 5. The number of esters is 2. The van der Waals surface area contributed by atoms with E-state index in [1.807, 2.05) is 12.1 Å². The minimum absolute atomic E-state index is 0.0169. The number of hydrogen-bond acceptors (Lipinski definition) is 12. The quantitative estimate of drug-likeness (QED) is 0.218. The molecule has 1 aromatic carbocycles. The Morgan fingerprint density at radius 2 is 1.80 bits per heavy atom. The van der Waals surface area contributed by atoms with Crippen LogP contribution in [0, 0.1) is 23.2 Å². The topological polar surface area (TPSA) is 166 Å². The number of nitrogens with zero attached hydrogens (tertiary/aromatic N) is 2. The minimum atomic E-state index is -1.40. The number of ether oxygens (including phenoxy) is 5. The Hall–Kier alpha value is -3.40. The number of likely N-dealkylation sites (tertiary alicyclic amines) is 1. The lowest BCUT2D eigenvalue weighted by molar-refractivity contribution is -0.235. The monoisotopic (exact) mass is 817 g/mol. The van der Waals surface area contributed by atoms with E-state index in [-0.39, 0.29) is 50.2 Å². The van der Waals surface area contributed by atoms with Crippen LogP contribution in [-0.2, 0) is 54.2 Å². The highest BCUT2D eigenvalue weighted by Crippen LogP contribution is 2.64. The summed E-state index contributed by atoms with van der Waals surface area (Å²) < 4.78 is 31.4. The third-order valence-electron chi connectivity index (χ3n) is 14.3. The minimum Gasteiger partial charge on any atom is -0.460 e. The van der Waals surface area contributed by atoms with E-state index < -0.39 is 77.2 Å². The van der Waals surface area contributed by atoms with Crippen LogP contribution in [0.5, 0.6) is 0 Å². The molecule has 1 aromatic rings. The van der Waals surface area contributed by atoms with Crippen LogP contribution in [0.4, 0.5) is 0 Å². The van der Waals surface area contributed by atoms with Crippen molar-refractivity contribution in [1.29, 1.82) is 0 Å². The van der Waals surface area contributed by atoms with Crippen molar-refractivity contribution < 1.29 is 52.8 Å². The summed E-state index contributed by atoms with van der Waals surface area (Å²) in [5, 5.41) is 14.7. The fourth-order valence-corrected chi connectivity index (χ4v) is 11.2. The Balaban J connectivity index is 0.920. The zero-order valence-corrected chi connectivity index (χ0v) is 34.4. The molecule has 9 aliphatic rings. The third-order valence-corrected chi connectivity index (χ3v) is 14.3. The molecule has 4 aliphatic carbocycles. The summed E-state index contributed by atoms with van der Waals surface area (Å²) in [5.41, 5.74) is -0.0895. The molecule has 3 unspecified atom stereocenters. The molecular weight excluding hydrogens is 759 g/mol. The summed E-state index contributed by atoms with van der Waals surface area (Å²) in [4.78, 5) is 64.9. The number of epoxide rings is 1. The lowest BCUT2D eigenvalue weighted by Gasteiger charge is -2.50. The normalized spacial score (nSPS) is 37.5. The van der Waals surface area contributed by atoms with Crippen molar-refractivity contribution in [2.24, 2.45) is 23.2 Å². The number of carbonyl (C=O) groups excluding carboxylic acids is 4. The predicted octanol–water partition coefficient (Wildman–Crippen LogP) is 3.96. The van der Waals surface area contributed by atoms with Crippen LogP contribution in [0.2, 0.25) is 0 Å². The molecule has 11 atom stereocenters. The van der Waals surface area contributed by atoms with Crippen LogP contribution in [-0.4, -0.2) is 118 Å². The molecule has 0 radical (unpaired) electrons. The SMILES string of the molecule is CC(C)(C)OC(=O)CC[C@@H](CO)NC(=O)[C@H]1CCCN1C(=O)[C@@]12C[C@H]3OC(=O)[C@@H]1N(Cc1cccc(C=CC4CCC5OC5C4)c1)O[C@@H]2[C@H]1OC(C2CC2)(C2CC2)O[C@H]13. The standard InChI is InChI=1S/C45H59N3O11/c1-43(2,3)56-35(50)18-16-30(24-49)46-40(51)31-8-5-19-47(31)42(53)44-22-34-36-37(58-45(57-36,28-12-13-28)29-14-15-29)39(44)59-48(38(44)41(52)55-34)23-27-7-4-6-25(20-27)9-10-26-11-17-32-33(21-26)54-32/h4,6-7,9-10,20,26,28-34,36-39,49H,5,8,11-19,21-24H2,1-3H3,(H,46,51)/t26?,30-,31+,32?,33?,34+,36-,37-,38-,39+,44-/m0/s1. The highest BCUT2D eigenvalue weighted by atomic mass is 16.8. The lowest BCUT2D eigenvalue weighted by Crippen LogP contribution is -2.70. The summed E-state index contributed by atoms with van der Waals surface area (Å²) in [6.45, 7) is 5.53. The maximum Gasteiger partial charge on any atom is 0.327 e. The fourth-order valence-electron chi connectivity index (χ4n) is 11.2. The number of allylic oxidation sites excluding steroid dienone is 1. The first-order valence-electron chi connectivity index (χ1n) is 22.2. The van der Waals surface area contributed by atoms with Gasteiger partial charge in [0.05, 0.1) is 31.4 Å². The molecule has 2 bridgehead atoms. The van der Waals surface area contributed by atoms with Gasteiger partial charge in [0.25, 0.3) is 0 Å². The van der Waals surface area contributed by atoms with Crippen molar-refractivity contribution in [2.75, 3.05) is 13.2 Å². The largest absolute Gasteiger partial charge is 0.460 e. The average molecular weight is 818 g/mol. The first kappa shape index (κ1) is 39.7. The number of benzene rings is 1. The molecule has 2 amide bonds. The number of aliphatic hydroxyl groups excluding tert-OH is 1. The molecule has 10 rings (SSSR count). The van der Waals surface area contributed by atoms with Gasteiger partial charge >= 0.3 is 11.9 Å². The Morgan fingerprint density at radius 1 is 1.02 bits per heavy atom. The first-order valence-corrected chi connectivity index (χ1v) is 22.2. The van der Waals surface area contributed by atoms with Gasteiger partial charge in [-0.25, -0.2) is 0 Å². The van der Waals surface area contributed by atoms with Crippen LogP contribution < -0.4 is 5.32 Å². The maximum absolute atomic E-state index is 15.5. The van der Waals surface area contributed by atoms with Gasteiger partial charge < -0.3 is 39.0 Å². The second-order valence-corrected chi connectivity index (χ2v) is 19.7. The zero-order valence-electron chi connectivity index (χ0n) is 34.4. The number of amides is 2. The van der Waals surface area contributed by atoms with Crippen molar-refractivity contribution in [1.82, 2.24) is 15.3 Å². The van der Waals surface area contributed by atoms with Gasteiger partial charge in [-0.15, -0.1) is 0 Å². The summed E-state index contributed by atoms with van der Waals surface area (Å²) in [7, 11) is 0. The second kappa shape index (κ2) is 14.9. The van der Waals surface area contributed by atoms with E-state index in [0.717, 1.165) is 56.1 Å². The zero-order chi connectivity index (χ0) is 40.8. The number of nitrogens with one attached hydrogen (secondary N) is 1. The van der Waals surface area contributed by atoms with Crippen LogP contribution in [0.3, 0.4) is 0 Å². The Kier molecular flexibility index (Phi) is 10.0. The van der Waals surface area contributed by atoms with Gasteiger partial charge in [-0.3, -0.25) is 24.0 Å². The molecule has 5 heterocycles. The van der Waals surface area contributed by atoms with Gasteiger partial charge in [-0.2, -0.15) is 5.06 Å². The molecule has 59 heavy (non-hydrogen) atoms. The molecule has 5 aliphatic heterocycles. The summed E-state index contributed by atoms with van der Waals surface area (Å²) in [6, 6.07) is 5.54. The van der Waals surface area contributed by atoms with Gasteiger partial charge in [0.2, 0.25) is 11.8 Å². The molecular formula is C45H59N3O11. The maximum atomic E-state index is 15.5. The smallest absolute Gasteiger partial charge is 0.327 e. The average Bonchev–Trinajstić information content (AvgIpc) is 4.16. The Labute approximate surface area is 345 Å². The fraction of sp³-hybridized carbons (Fsp3) is 0.733. The summed E-state index contributed by atoms with van der Waals surface area (Å²) in [6.07, 6.45) is 11.2. The second-order valence-electron chi connectivity index (χ2n) is 19.7. The molecule has 5 saturated heterocycles. The van der Waals surface area contributed by atoms with Crippen LogP contribution >= 0.6 is 0 Å². The van der Waals surface area contributed by atoms with Crippen LogP contribution in [0.1, 0.15) is 109 Å². The molecule has 2 N–H and O–H groups in total. The molecule has 0 spiro atoms. The van der Waals surface area contributed by atoms with E-state index in [4.69, 9.17) is 28.5 Å². The molecule has 14 nitrogen and oxygen atoms in total. The van der Waals surface area contributed by atoms with E-state index >= 15 is 4.79 Å². The first-order chi connectivity index (χ1) is 28.3. The lowest BCUT2D eigenvalue weighted by atomic mass is 9.62. The molecule has 9 fully saturated rings. The third kappa shape index (κ3) is 7.33. The van der Waals surface area contributed by atoms with Gasteiger partial charge in [0.1, 0.15) is 41.5 Å².